The van der Waals surface area contributed by atoms with E-state index in [1.54, 1.807) is 0 Å². The van der Waals surface area contributed by atoms with Gasteiger partial charge in [-0.05, 0) is 11.4 Å². The summed E-state index contributed by atoms with van der Waals surface area (Å²) in [5, 5.41) is 20.9. The van der Waals surface area contributed by atoms with Crippen LogP contribution in [0, 0.1) is 5.92 Å². The lowest BCUT2D eigenvalue weighted by Crippen LogP contribution is -2.43. The molecular formula is C9H12N4O5. The van der Waals surface area contributed by atoms with Crippen molar-refractivity contribution in [2.45, 2.75) is 18.9 Å². The average Bonchev–Trinajstić information content (AvgIpc) is 2.64. The van der Waals surface area contributed by atoms with Crippen molar-refractivity contribution in [1.29, 1.82) is 0 Å². The molecule has 1 saturated heterocycles. The second-order valence-corrected chi connectivity index (χ2v) is 3.98. The molecule has 98 valence electrons. The van der Waals surface area contributed by atoms with E-state index >= 15 is 0 Å². The van der Waals surface area contributed by atoms with Crippen LogP contribution in [0.25, 0.3) is 10.4 Å². The van der Waals surface area contributed by atoms with Gasteiger partial charge in [0.15, 0.2) is 0 Å². The third-order valence-electron chi connectivity index (χ3n) is 2.67. The van der Waals surface area contributed by atoms with Gasteiger partial charge in [-0.3, -0.25) is 9.59 Å². The van der Waals surface area contributed by atoms with Crippen LogP contribution in [-0.4, -0.2) is 52.1 Å². The molecular weight excluding hydrogens is 244 g/mol. The van der Waals surface area contributed by atoms with Gasteiger partial charge in [-0.1, -0.05) is 5.11 Å². The van der Waals surface area contributed by atoms with Crippen molar-refractivity contribution >= 4 is 17.8 Å². The lowest BCUT2D eigenvalue weighted by Gasteiger charge is -2.23. The second kappa shape index (κ2) is 5.87. The maximum atomic E-state index is 11.6. The Morgan fingerprint density at radius 3 is 2.72 bits per heavy atom. The van der Waals surface area contributed by atoms with E-state index in [2.05, 4.69) is 10.0 Å². The third kappa shape index (κ3) is 3.36. The summed E-state index contributed by atoms with van der Waals surface area (Å²) in [6.07, 6.45) is -0.572. The third-order valence-corrected chi connectivity index (χ3v) is 2.67. The van der Waals surface area contributed by atoms with Crippen LogP contribution >= 0.6 is 0 Å². The highest BCUT2D eigenvalue weighted by atomic mass is 16.4. The molecule has 0 bridgehead atoms. The van der Waals surface area contributed by atoms with Crippen molar-refractivity contribution in [2.24, 2.45) is 11.0 Å². The number of likely N-dealkylation sites (tertiary alicyclic amines) is 1. The van der Waals surface area contributed by atoms with Crippen LogP contribution in [0.2, 0.25) is 0 Å². The molecule has 0 aromatic carbocycles. The highest BCUT2D eigenvalue weighted by Crippen LogP contribution is 2.22. The maximum absolute atomic E-state index is 11.6. The Balaban J connectivity index is 2.74. The van der Waals surface area contributed by atoms with Gasteiger partial charge in [-0.15, -0.1) is 0 Å². The molecule has 1 rings (SSSR count). The smallest absolute Gasteiger partial charge is 0.327 e. The zero-order valence-electron chi connectivity index (χ0n) is 9.39. The number of amides is 1. The minimum atomic E-state index is -1.37. The molecule has 0 saturated carbocycles. The Labute approximate surface area is 102 Å². The van der Waals surface area contributed by atoms with Gasteiger partial charge in [0.1, 0.15) is 6.04 Å². The Kier molecular flexibility index (Phi) is 4.50. The number of azide groups is 1. The van der Waals surface area contributed by atoms with Gasteiger partial charge in [0.2, 0.25) is 5.91 Å². The van der Waals surface area contributed by atoms with Gasteiger partial charge < -0.3 is 15.1 Å². The minimum Gasteiger partial charge on any atom is -0.481 e. The summed E-state index contributed by atoms with van der Waals surface area (Å²) in [6.45, 7) is 0.195. The van der Waals surface area contributed by atoms with E-state index in [0.717, 1.165) is 4.90 Å². The first-order valence-corrected chi connectivity index (χ1v) is 5.20. The van der Waals surface area contributed by atoms with Crippen LogP contribution in [0.5, 0.6) is 0 Å². The van der Waals surface area contributed by atoms with Crippen LogP contribution < -0.4 is 0 Å². The van der Waals surface area contributed by atoms with E-state index in [1.165, 1.54) is 0 Å². The predicted molar refractivity (Wildman–Crippen MR) is 57.5 cm³/mol. The predicted octanol–water partition coefficient (Wildman–Crippen LogP) is 0.0731. The lowest BCUT2D eigenvalue weighted by molar-refractivity contribution is -0.153. The molecule has 9 nitrogen and oxygen atoms in total. The second-order valence-electron chi connectivity index (χ2n) is 3.98. The molecule has 0 radical (unpaired) electrons. The molecule has 1 fully saturated rings. The number of aliphatic carboxylic acids is 2. The standard InChI is InChI=1S/C9H12N4O5/c10-12-11-3-5-1-7(14)13(4-5)6(9(17)18)2-8(15)16/h5-6H,1-4H2,(H,15,16)(H,17,18). The zero-order chi connectivity index (χ0) is 13.7. The van der Waals surface area contributed by atoms with Crippen molar-refractivity contribution in [3.8, 4) is 0 Å². The first-order chi connectivity index (χ1) is 8.45. The monoisotopic (exact) mass is 256 g/mol. The van der Waals surface area contributed by atoms with Crippen molar-refractivity contribution in [3.05, 3.63) is 10.4 Å². The lowest BCUT2D eigenvalue weighted by atomic mass is 10.1. The Bertz CT molecular complexity index is 417. The Morgan fingerprint density at radius 1 is 1.56 bits per heavy atom. The van der Waals surface area contributed by atoms with Crippen LogP contribution in [-0.2, 0) is 14.4 Å². The molecule has 1 amide bonds. The molecule has 0 aliphatic carbocycles. The van der Waals surface area contributed by atoms with E-state index < -0.39 is 30.3 Å². The topological polar surface area (TPSA) is 144 Å². The molecule has 2 unspecified atom stereocenters. The fourth-order valence-electron chi connectivity index (χ4n) is 1.88. The van der Waals surface area contributed by atoms with Crippen LogP contribution in [0.15, 0.2) is 5.11 Å². The van der Waals surface area contributed by atoms with E-state index in [0.29, 0.717) is 0 Å². The van der Waals surface area contributed by atoms with Crippen molar-refractivity contribution in [2.75, 3.05) is 13.1 Å². The van der Waals surface area contributed by atoms with Gasteiger partial charge in [-0.2, -0.15) is 0 Å². The van der Waals surface area contributed by atoms with Gasteiger partial charge in [-0.25, -0.2) is 4.79 Å². The summed E-state index contributed by atoms with van der Waals surface area (Å²) in [5.41, 5.74) is 8.16. The van der Waals surface area contributed by atoms with Gasteiger partial charge >= 0.3 is 11.9 Å². The number of hydrogen-bond acceptors (Lipinski definition) is 4. The molecule has 2 N–H and O–H groups in total. The molecule has 18 heavy (non-hydrogen) atoms. The normalized spacial score (nSPS) is 20.3. The van der Waals surface area contributed by atoms with E-state index in [-0.39, 0.29) is 25.4 Å². The summed E-state index contributed by atoms with van der Waals surface area (Å²) in [4.78, 5) is 36.7. The maximum Gasteiger partial charge on any atom is 0.327 e. The van der Waals surface area contributed by atoms with Gasteiger partial charge in [0.25, 0.3) is 0 Å². The van der Waals surface area contributed by atoms with E-state index in [9.17, 15) is 14.4 Å². The molecule has 9 heteroatoms. The number of carboxylic acid groups (broad SMARTS) is 2. The minimum absolute atomic E-state index is 0.0718. The molecule has 1 heterocycles. The fraction of sp³-hybridized carbons (Fsp3) is 0.667. The number of carbonyl (C=O) groups excluding carboxylic acids is 1. The van der Waals surface area contributed by atoms with Crippen LogP contribution in [0.4, 0.5) is 0 Å². The highest BCUT2D eigenvalue weighted by Gasteiger charge is 2.38. The largest absolute Gasteiger partial charge is 0.481 e. The Morgan fingerprint density at radius 2 is 2.22 bits per heavy atom. The molecule has 1 aliphatic heterocycles. The summed E-state index contributed by atoms with van der Waals surface area (Å²) in [6, 6.07) is -1.37. The van der Waals surface area contributed by atoms with Gasteiger partial charge in [0, 0.05) is 24.4 Å². The van der Waals surface area contributed by atoms with Crippen molar-refractivity contribution in [3.63, 3.8) is 0 Å². The number of nitrogens with zero attached hydrogens (tertiary/aromatic N) is 4. The zero-order valence-corrected chi connectivity index (χ0v) is 9.39. The fourth-order valence-corrected chi connectivity index (χ4v) is 1.88. The van der Waals surface area contributed by atoms with Crippen LogP contribution in [0.1, 0.15) is 12.8 Å². The van der Waals surface area contributed by atoms with Crippen molar-refractivity contribution < 1.29 is 24.6 Å². The quantitative estimate of drug-likeness (QED) is 0.392. The molecule has 0 spiro atoms. The van der Waals surface area contributed by atoms with E-state index in [1.807, 2.05) is 0 Å². The van der Waals surface area contributed by atoms with Gasteiger partial charge in [0.05, 0.1) is 6.42 Å². The number of carbonyl (C=O) groups is 3. The summed E-state index contributed by atoms with van der Waals surface area (Å²) < 4.78 is 0. The number of rotatable bonds is 6. The van der Waals surface area contributed by atoms with E-state index in [4.69, 9.17) is 15.7 Å². The molecule has 0 aromatic rings. The summed E-state index contributed by atoms with van der Waals surface area (Å²) >= 11 is 0. The van der Waals surface area contributed by atoms with Crippen molar-refractivity contribution in [1.82, 2.24) is 4.90 Å². The first-order valence-electron chi connectivity index (χ1n) is 5.20. The highest BCUT2D eigenvalue weighted by molar-refractivity contribution is 5.88. The summed E-state index contributed by atoms with van der Waals surface area (Å²) in [5.74, 6) is -3.32. The summed E-state index contributed by atoms with van der Waals surface area (Å²) in [7, 11) is 0. The number of hydrogen-bond donors (Lipinski definition) is 2. The molecule has 0 aromatic heterocycles. The first kappa shape index (κ1) is 13.8. The average molecular weight is 256 g/mol. The molecule has 1 aliphatic rings. The SMILES string of the molecule is [N-]=[N+]=NCC1CC(=O)N(C(CC(=O)O)C(=O)O)C1. The number of carboxylic acids is 2. The molecule has 2 atom stereocenters. The Hall–Kier alpha value is -2.28. The van der Waals surface area contributed by atoms with Crippen LogP contribution in [0.3, 0.4) is 0 Å².